The van der Waals surface area contributed by atoms with E-state index in [1.54, 1.807) is 13.8 Å². The highest BCUT2D eigenvalue weighted by Crippen LogP contribution is 2.16. The van der Waals surface area contributed by atoms with E-state index in [0.29, 0.717) is 0 Å². The number of carboxylic acid groups (broad SMARTS) is 1. The molecule has 2 aromatic carbocycles. The van der Waals surface area contributed by atoms with Crippen molar-refractivity contribution in [1.82, 2.24) is 21.3 Å². The smallest absolute Gasteiger partial charge is 0.405 e. The minimum atomic E-state index is -1.40. The largest absolute Gasteiger partial charge is 0.465 e. The second-order valence-electron chi connectivity index (χ2n) is 9.32. The van der Waals surface area contributed by atoms with Crippen LogP contribution in [0, 0.1) is 5.92 Å². The standard InChI is InChI=1S/C26H33N5O7/c1-14(2)10-20(31-26(37)38)24(35)29-15(3)22(33)25(36)28-13-21(32)30-19(23(27)34)12-16-8-9-17-6-4-5-7-18(17)11-16/h4-9,11,14-15,19-20,31H,10,12-13H2,1-3H3,(H2,27,34)(H,28,36)(H,29,35)(H,30,32)(H,37,38)/t15?,19?,20-/m0/s1. The molecule has 0 aliphatic carbocycles. The molecule has 2 aromatic rings. The normalized spacial score (nSPS) is 13.2. The maximum atomic E-state index is 12.4. The van der Waals surface area contributed by atoms with Crippen molar-refractivity contribution in [2.45, 2.75) is 51.7 Å². The number of nitrogens with two attached hydrogens (primary N) is 1. The molecule has 0 aromatic heterocycles. The van der Waals surface area contributed by atoms with E-state index >= 15 is 0 Å². The summed E-state index contributed by atoms with van der Waals surface area (Å²) in [6.07, 6.45) is -1.08. The lowest BCUT2D eigenvalue weighted by Gasteiger charge is -2.21. The van der Waals surface area contributed by atoms with Crippen LogP contribution in [0.4, 0.5) is 4.79 Å². The van der Waals surface area contributed by atoms with Crippen molar-refractivity contribution in [3.8, 4) is 0 Å². The Morgan fingerprint density at radius 1 is 0.868 bits per heavy atom. The van der Waals surface area contributed by atoms with Gasteiger partial charge in [0, 0.05) is 6.42 Å². The summed E-state index contributed by atoms with van der Waals surface area (Å²) in [4.78, 5) is 72.2. The number of benzene rings is 2. The van der Waals surface area contributed by atoms with E-state index in [1.807, 2.05) is 42.5 Å². The van der Waals surface area contributed by atoms with E-state index in [4.69, 9.17) is 10.8 Å². The predicted octanol–water partition coefficient (Wildman–Crippen LogP) is 0.225. The van der Waals surface area contributed by atoms with E-state index in [0.717, 1.165) is 16.3 Å². The summed E-state index contributed by atoms with van der Waals surface area (Å²) in [5, 5.41) is 19.9. The van der Waals surface area contributed by atoms with E-state index in [9.17, 15) is 28.8 Å². The van der Waals surface area contributed by atoms with Crippen LogP contribution in [-0.4, -0.2) is 65.3 Å². The van der Waals surface area contributed by atoms with Gasteiger partial charge in [-0.05, 0) is 35.6 Å². The van der Waals surface area contributed by atoms with Crippen molar-refractivity contribution in [3.63, 3.8) is 0 Å². The third-order valence-corrected chi connectivity index (χ3v) is 5.64. The van der Waals surface area contributed by atoms with E-state index < -0.39 is 60.2 Å². The first-order valence-corrected chi connectivity index (χ1v) is 12.1. The lowest BCUT2D eigenvalue weighted by Crippen LogP contribution is -2.54. The molecule has 2 rings (SSSR count). The van der Waals surface area contributed by atoms with Crippen LogP contribution < -0.4 is 27.0 Å². The zero-order valence-corrected chi connectivity index (χ0v) is 21.4. The quantitative estimate of drug-likeness (QED) is 0.200. The summed E-state index contributed by atoms with van der Waals surface area (Å²) in [6.45, 7) is 4.24. The first-order chi connectivity index (χ1) is 17.9. The number of carbonyl (C=O) groups is 6. The Morgan fingerprint density at radius 3 is 2.13 bits per heavy atom. The number of hydrogen-bond donors (Lipinski definition) is 6. The minimum Gasteiger partial charge on any atom is -0.465 e. The predicted molar refractivity (Wildman–Crippen MR) is 139 cm³/mol. The number of fused-ring (bicyclic) bond motifs is 1. The summed E-state index contributed by atoms with van der Waals surface area (Å²) in [5.41, 5.74) is 6.21. The number of rotatable bonds is 13. The molecule has 38 heavy (non-hydrogen) atoms. The molecule has 3 atom stereocenters. The van der Waals surface area contributed by atoms with Gasteiger partial charge in [0.25, 0.3) is 5.91 Å². The zero-order valence-electron chi connectivity index (χ0n) is 21.4. The van der Waals surface area contributed by atoms with Gasteiger partial charge in [-0.1, -0.05) is 56.3 Å². The number of amides is 5. The second kappa shape index (κ2) is 13.7. The molecule has 0 fully saturated rings. The van der Waals surface area contributed by atoms with E-state index in [1.165, 1.54) is 6.92 Å². The van der Waals surface area contributed by atoms with Crippen LogP contribution in [-0.2, 0) is 30.4 Å². The van der Waals surface area contributed by atoms with Gasteiger partial charge in [-0.3, -0.25) is 24.0 Å². The first kappa shape index (κ1) is 29.7. The van der Waals surface area contributed by atoms with Crippen molar-refractivity contribution in [2.24, 2.45) is 11.7 Å². The summed E-state index contributed by atoms with van der Waals surface area (Å²) in [6, 6.07) is 9.80. The van der Waals surface area contributed by atoms with Gasteiger partial charge in [0.15, 0.2) is 0 Å². The number of primary amides is 1. The highest BCUT2D eigenvalue weighted by Gasteiger charge is 2.28. The lowest BCUT2D eigenvalue weighted by atomic mass is 10.0. The Kier molecular flexibility index (Phi) is 10.7. The van der Waals surface area contributed by atoms with Crippen LogP contribution in [0.25, 0.3) is 10.8 Å². The SMILES string of the molecule is CC(C)C[C@H](NC(=O)O)C(=O)NC(C)C(=O)C(=O)NCC(=O)NC(Cc1ccc2ccccc2c1)C(N)=O. The topological polar surface area (TPSA) is 197 Å². The van der Waals surface area contributed by atoms with Crippen molar-refractivity contribution in [1.29, 1.82) is 0 Å². The van der Waals surface area contributed by atoms with Gasteiger partial charge < -0.3 is 32.1 Å². The number of nitrogens with one attached hydrogen (secondary N) is 4. The minimum absolute atomic E-state index is 0.0177. The summed E-state index contributed by atoms with van der Waals surface area (Å²) < 4.78 is 0. The molecule has 12 heteroatoms. The maximum absolute atomic E-state index is 12.4. The Balaban J connectivity index is 1.90. The summed E-state index contributed by atoms with van der Waals surface area (Å²) >= 11 is 0. The fourth-order valence-electron chi connectivity index (χ4n) is 3.75. The molecule has 204 valence electrons. The fraction of sp³-hybridized carbons (Fsp3) is 0.385. The van der Waals surface area contributed by atoms with Gasteiger partial charge in [-0.15, -0.1) is 0 Å². The van der Waals surface area contributed by atoms with Gasteiger partial charge in [0.2, 0.25) is 23.5 Å². The Labute approximate surface area is 219 Å². The molecule has 12 nitrogen and oxygen atoms in total. The van der Waals surface area contributed by atoms with Crippen LogP contribution in [0.15, 0.2) is 42.5 Å². The van der Waals surface area contributed by atoms with Crippen molar-refractivity contribution in [2.75, 3.05) is 6.54 Å². The molecule has 0 heterocycles. The third kappa shape index (κ3) is 9.19. The highest BCUT2D eigenvalue weighted by atomic mass is 16.4. The molecular weight excluding hydrogens is 494 g/mol. The maximum Gasteiger partial charge on any atom is 0.405 e. The fourth-order valence-corrected chi connectivity index (χ4v) is 3.75. The van der Waals surface area contributed by atoms with Crippen LogP contribution >= 0.6 is 0 Å². The average molecular weight is 528 g/mol. The Hall–Kier alpha value is -4.48. The molecule has 0 saturated heterocycles. The molecular formula is C26H33N5O7. The molecule has 2 unspecified atom stereocenters. The summed E-state index contributed by atoms with van der Waals surface area (Å²) in [5.74, 6) is -4.45. The molecule has 0 bridgehead atoms. The first-order valence-electron chi connectivity index (χ1n) is 12.1. The Bertz CT molecular complexity index is 1210. The Morgan fingerprint density at radius 2 is 1.53 bits per heavy atom. The van der Waals surface area contributed by atoms with Gasteiger partial charge in [0.05, 0.1) is 12.6 Å². The highest BCUT2D eigenvalue weighted by molar-refractivity contribution is 6.38. The average Bonchev–Trinajstić information content (AvgIpc) is 2.85. The van der Waals surface area contributed by atoms with Crippen LogP contribution in [0.2, 0.25) is 0 Å². The van der Waals surface area contributed by atoms with E-state index in [-0.39, 0.29) is 18.8 Å². The van der Waals surface area contributed by atoms with Gasteiger partial charge in [-0.2, -0.15) is 0 Å². The van der Waals surface area contributed by atoms with Crippen LogP contribution in [0.5, 0.6) is 0 Å². The summed E-state index contributed by atoms with van der Waals surface area (Å²) in [7, 11) is 0. The van der Waals surface area contributed by atoms with Gasteiger partial charge in [0.1, 0.15) is 12.1 Å². The molecule has 5 amide bonds. The van der Waals surface area contributed by atoms with Gasteiger partial charge >= 0.3 is 6.09 Å². The molecule has 0 aliphatic rings. The van der Waals surface area contributed by atoms with Crippen LogP contribution in [0.1, 0.15) is 32.8 Å². The van der Waals surface area contributed by atoms with Crippen molar-refractivity contribution in [3.05, 3.63) is 48.0 Å². The third-order valence-electron chi connectivity index (χ3n) is 5.64. The second-order valence-corrected chi connectivity index (χ2v) is 9.32. The van der Waals surface area contributed by atoms with E-state index in [2.05, 4.69) is 21.3 Å². The molecule has 0 saturated carbocycles. The molecule has 0 aliphatic heterocycles. The van der Waals surface area contributed by atoms with Crippen LogP contribution in [0.3, 0.4) is 0 Å². The number of carbonyl (C=O) groups excluding carboxylic acids is 5. The number of ketones is 1. The molecule has 0 radical (unpaired) electrons. The molecule has 7 N–H and O–H groups in total. The molecule has 0 spiro atoms. The zero-order chi connectivity index (χ0) is 28.4. The van der Waals surface area contributed by atoms with Crippen molar-refractivity contribution < 1.29 is 33.9 Å². The number of Topliss-reactive ketones (excluding diaryl/α,β-unsaturated/α-hetero) is 1. The van der Waals surface area contributed by atoms with Crippen molar-refractivity contribution >= 4 is 46.3 Å². The number of hydrogen-bond acceptors (Lipinski definition) is 6. The lowest BCUT2D eigenvalue weighted by molar-refractivity contribution is -0.140. The monoisotopic (exact) mass is 527 g/mol. The van der Waals surface area contributed by atoms with Gasteiger partial charge in [-0.25, -0.2) is 4.79 Å².